The number of allylic oxidation sites excluding steroid dienone is 15. The summed E-state index contributed by atoms with van der Waals surface area (Å²) in [5, 5.41) is 0. The van der Waals surface area contributed by atoms with Crippen LogP contribution in [0, 0.1) is 97.1 Å². The molecule has 4 unspecified atom stereocenters. The predicted molar refractivity (Wildman–Crippen MR) is 490 cm³/mol. The van der Waals surface area contributed by atoms with Crippen LogP contribution in [-0.4, -0.2) is 0 Å². The van der Waals surface area contributed by atoms with Gasteiger partial charge in [0.1, 0.15) is 0 Å². The van der Waals surface area contributed by atoms with Crippen molar-refractivity contribution in [3.05, 3.63) is 190 Å². The fourth-order valence-electron chi connectivity index (χ4n) is 11.5. The number of fused-ring (bicyclic) bond motifs is 2. The lowest BCUT2D eigenvalue weighted by Gasteiger charge is -2.34. The summed E-state index contributed by atoms with van der Waals surface area (Å²) in [5.74, 6) is 8.60. The van der Waals surface area contributed by atoms with Crippen LogP contribution in [0.4, 0.5) is 0 Å². The van der Waals surface area contributed by atoms with Crippen LogP contribution in [0.25, 0.3) is 0 Å². The summed E-state index contributed by atoms with van der Waals surface area (Å²) in [6.45, 7) is 102. The maximum absolute atomic E-state index is 3.86. The van der Waals surface area contributed by atoms with Crippen molar-refractivity contribution in [3.8, 4) is 0 Å². The second-order valence-corrected chi connectivity index (χ2v) is 35.3. The van der Waals surface area contributed by atoms with Gasteiger partial charge in [-0.1, -0.05) is 307 Å². The lowest BCUT2D eigenvalue weighted by molar-refractivity contribution is 0.234. The molecule has 9 fully saturated rings. The Balaban J connectivity index is -0.000000248. The van der Waals surface area contributed by atoms with Gasteiger partial charge in [-0.15, -0.1) is 98.7 Å². The first kappa shape index (κ1) is 111. The third-order valence-corrected chi connectivity index (χ3v) is 24.6. The minimum Gasteiger partial charge on any atom is -0.103 e. The van der Waals surface area contributed by atoms with Crippen molar-refractivity contribution in [1.82, 2.24) is 0 Å². The van der Waals surface area contributed by atoms with Gasteiger partial charge in [-0.05, 0) is 258 Å². The third kappa shape index (κ3) is 64.1. The summed E-state index contributed by atoms with van der Waals surface area (Å²) >= 11 is 0. The minimum atomic E-state index is 0.306. The van der Waals surface area contributed by atoms with Crippen molar-refractivity contribution in [2.24, 2.45) is 97.1 Å². The molecule has 9 saturated carbocycles. The van der Waals surface area contributed by atoms with E-state index in [1.807, 2.05) is 48.6 Å². The van der Waals surface area contributed by atoms with Crippen molar-refractivity contribution >= 4 is 0 Å². The molecule has 606 valence electrons. The van der Waals surface area contributed by atoms with Crippen molar-refractivity contribution in [2.75, 3.05) is 0 Å². The molecule has 0 N–H and O–H groups in total. The molecule has 104 heavy (non-hydrogen) atoms. The van der Waals surface area contributed by atoms with Gasteiger partial charge in [0.25, 0.3) is 0 Å². The van der Waals surface area contributed by atoms with E-state index in [1.165, 1.54) is 231 Å². The van der Waals surface area contributed by atoms with Gasteiger partial charge >= 0.3 is 0 Å². The Kier molecular flexibility index (Phi) is 71.8. The van der Waals surface area contributed by atoms with E-state index in [9.17, 15) is 0 Å². The summed E-state index contributed by atoms with van der Waals surface area (Å²) in [7, 11) is 0. The molecular formula is C104H190. The Labute approximate surface area is 659 Å². The molecule has 9 aliphatic carbocycles. The zero-order valence-corrected chi connectivity index (χ0v) is 75.0. The highest BCUT2D eigenvalue weighted by molar-refractivity contribution is 5.02. The summed E-state index contributed by atoms with van der Waals surface area (Å²) in [6.07, 6.45) is 79.7. The number of hydrogen-bond donors (Lipinski definition) is 0. The summed E-state index contributed by atoms with van der Waals surface area (Å²) in [5.41, 5.74) is 3.06. The maximum Gasteiger partial charge on any atom is -0.0129 e. The monoisotopic (exact) mass is 1440 g/mol. The second-order valence-electron chi connectivity index (χ2n) is 35.3. The summed E-state index contributed by atoms with van der Waals surface area (Å²) in [6, 6.07) is 0. The molecule has 0 saturated heterocycles. The molecule has 0 spiro atoms. The molecule has 0 aromatic heterocycles. The third-order valence-electron chi connectivity index (χ3n) is 24.6. The number of rotatable bonds is 23. The summed E-state index contributed by atoms with van der Waals surface area (Å²) in [4.78, 5) is 0. The van der Waals surface area contributed by atoms with Crippen LogP contribution in [0.5, 0.6) is 0 Å². The van der Waals surface area contributed by atoms with E-state index < -0.39 is 0 Å². The molecule has 0 heterocycles. The summed E-state index contributed by atoms with van der Waals surface area (Å²) < 4.78 is 0. The van der Waals surface area contributed by atoms with Crippen molar-refractivity contribution in [2.45, 2.75) is 377 Å². The Morgan fingerprint density at radius 3 is 0.798 bits per heavy atom. The standard InChI is InChI=1S/C9H14.C9H18.2C8H14.C8H16.2C7H12.2C7H14.2C6H10.2C6H12.C5H8.C5H10/c1-2-8-5-7-3-4-9(8)6-7;1-5-9(6-2,7-3)8-4;1-3-8(2)6-4-5-7-8;1-2-8-6-4-3-5-7-8;1-5-8(4,6-2)7-3;1-3-7(2)5-4-6-7;1-2-7-5-3-4-6-7;1-5-7(3,4)6-2;1-4-7(5-2)6-3;1-3-6(2)4-5-6;1-2-6-4-3-5-6;1-5-6(2,3)4;1-4-6(3)5-2;1-2-5-3-4-5;1-4-5(2)3/h2,7-9H,1,3-6H2;5H,1,6-8H2,2-4H3;3H,1,4-7H2,2H3;2,8H,1,3-7H2;5H,1,6-7H2,2-4H3;3H,1,4-6H2,2H3;2,7H,1,3-6H2;5H,1,6H2,2-4H3;4,7H,1,5-6H2,2-3H3;3H,1,4-5H2,2H3;2,6H,1,3-5H2;5H,1H2,2-4H3;4,6H,1,5H2,2-3H3;2,5H,1,3-4H2;4-5H,1H2,2-3H3. The first-order valence-corrected chi connectivity index (χ1v) is 43.4. The molecule has 0 heteroatoms. The first-order valence-electron chi connectivity index (χ1n) is 43.4. The van der Waals surface area contributed by atoms with Gasteiger partial charge in [0.2, 0.25) is 0 Å². The van der Waals surface area contributed by atoms with Crippen LogP contribution >= 0.6 is 0 Å². The van der Waals surface area contributed by atoms with Gasteiger partial charge in [0, 0.05) is 0 Å². The van der Waals surface area contributed by atoms with Crippen LogP contribution < -0.4 is 0 Å². The molecule has 4 atom stereocenters. The fraction of sp³-hybridized carbons (Fsp3) is 0.712. The zero-order chi connectivity index (χ0) is 81.3. The van der Waals surface area contributed by atoms with Crippen LogP contribution in [0.1, 0.15) is 377 Å². The van der Waals surface area contributed by atoms with E-state index in [0.29, 0.717) is 49.7 Å². The van der Waals surface area contributed by atoms with Crippen LogP contribution in [-0.2, 0) is 0 Å². The average molecular weight is 1440 g/mol. The van der Waals surface area contributed by atoms with E-state index in [1.54, 1.807) is 0 Å². The van der Waals surface area contributed by atoms with E-state index in [-0.39, 0.29) is 0 Å². The molecule has 2 bridgehead atoms. The highest BCUT2D eigenvalue weighted by Gasteiger charge is 2.37. The van der Waals surface area contributed by atoms with Crippen molar-refractivity contribution in [3.63, 3.8) is 0 Å². The normalized spacial score (nSPS) is 20.2. The average Bonchev–Trinajstić information content (AvgIpc) is 1.57. The SMILES string of the molecule is C=CC(C)(C)C.C=CC(C)(C)CC.C=CC(C)(CC)CC.C=CC(C)C.C=CC(C)CC.C=CC(CC)(CC)CC.C=CC(CC)CC.C=CC1(C)CC1.C=CC1(C)CCC1.C=CC1(C)CCCC1.C=CC1CC1.C=CC1CC2CCC1C2.C=CC1CCC1.C=CC1CCCC1.C=CC1CCCCC1. The van der Waals surface area contributed by atoms with Gasteiger partial charge in [-0.2, -0.15) is 0 Å². The molecule has 0 aromatic rings. The number of hydrogen-bond acceptors (Lipinski definition) is 0. The molecule has 9 rings (SSSR count). The molecule has 0 nitrogen and oxygen atoms in total. The van der Waals surface area contributed by atoms with Gasteiger partial charge in [-0.25, -0.2) is 0 Å². The van der Waals surface area contributed by atoms with Crippen molar-refractivity contribution < 1.29 is 0 Å². The minimum absolute atomic E-state index is 0.306. The molecule has 0 amide bonds. The maximum atomic E-state index is 3.86. The highest BCUT2D eigenvalue weighted by Crippen LogP contribution is 2.49. The van der Waals surface area contributed by atoms with E-state index in [0.717, 1.165) is 47.3 Å². The Morgan fingerprint density at radius 1 is 0.346 bits per heavy atom. The second kappa shape index (κ2) is 67.2. The molecular weight excluding hydrogens is 1250 g/mol. The van der Waals surface area contributed by atoms with Gasteiger partial charge < -0.3 is 0 Å². The smallest absolute Gasteiger partial charge is 0.0129 e. The van der Waals surface area contributed by atoms with Gasteiger partial charge in [0.05, 0.1) is 0 Å². The van der Waals surface area contributed by atoms with Crippen LogP contribution in [0.2, 0.25) is 0 Å². The molecule has 0 aliphatic heterocycles. The first-order chi connectivity index (χ1) is 49.0. The van der Waals surface area contributed by atoms with E-state index in [2.05, 4.69) is 287 Å². The highest BCUT2D eigenvalue weighted by atomic mass is 14.4. The lowest BCUT2D eigenvalue weighted by atomic mass is 9.71. The Morgan fingerprint density at radius 2 is 0.712 bits per heavy atom. The zero-order valence-electron chi connectivity index (χ0n) is 75.0. The fourth-order valence-corrected chi connectivity index (χ4v) is 11.5. The topological polar surface area (TPSA) is 0 Å². The van der Waals surface area contributed by atoms with Gasteiger partial charge in [0.15, 0.2) is 0 Å². The quantitative estimate of drug-likeness (QED) is 0.0895. The molecule has 9 aliphatic rings. The lowest BCUT2D eigenvalue weighted by Crippen LogP contribution is -2.21. The molecule has 0 aromatic carbocycles. The Hall–Kier alpha value is -3.90. The van der Waals surface area contributed by atoms with Crippen LogP contribution in [0.3, 0.4) is 0 Å². The molecule has 0 radical (unpaired) electrons. The Bertz CT molecular complexity index is 2060. The van der Waals surface area contributed by atoms with E-state index in [4.69, 9.17) is 0 Å². The van der Waals surface area contributed by atoms with Crippen molar-refractivity contribution in [1.29, 1.82) is 0 Å². The predicted octanol–water partition coefficient (Wildman–Crippen LogP) is 36.2. The van der Waals surface area contributed by atoms with E-state index >= 15 is 0 Å². The largest absolute Gasteiger partial charge is 0.103 e. The van der Waals surface area contributed by atoms with Gasteiger partial charge in [-0.3, -0.25) is 0 Å². The van der Waals surface area contributed by atoms with Crippen LogP contribution in [0.15, 0.2) is 190 Å².